The highest BCUT2D eigenvalue weighted by Gasteiger charge is 2.15. The minimum absolute atomic E-state index is 0.00861. The summed E-state index contributed by atoms with van der Waals surface area (Å²) in [7, 11) is 0. The highest BCUT2D eigenvalue weighted by atomic mass is 16.2. The Balaban J connectivity index is 1.91. The predicted molar refractivity (Wildman–Crippen MR) is 60.6 cm³/mol. The van der Waals surface area contributed by atoms with Crippen molar-refractivity contribution in [3.8, 4) is 0 Å². The van der Waals surface area contributed by atoms with Crippen molar-refractivity contribution in [2.75, 3.05) is 18.4 Å². The van der Waals surface area contributed by atoms with Crippen LogP contribution in [0.2, 0.25) is 0 Å². The lowest BCUT2D eigenvalue weighted by Crippen LogP contribution is -2.38. The summed E-state index contributed by atoms with van der Waals surface area (Å²) < 4.78 is 0. The largest absolute Gasteiger partial charge is 0.325 e. The Labute approximate surface area is 90.1 Å². The summed E-state index contributed by atoms with van der Waals surface area (Å²) in [6.45, 7) is 1.66. The number of piperidine rings is 1. The van der Waals surface area contributed by atoms with E-state index in [-0.39, 0.29) is 6.03 Å². The van der Waals surface area contributed by atoms with Crippen LogP contribution >= 0.6 is 0 Å². The average molecular weight is 203 g/mol. The van der Waals surface area contributed by atoms with E-state index in [0.717, 1.165) is 31.6 Å². The molecule has 0 aromatic heterocycles. The Morgan fingerprint density at radius 3 is 2.47 bits per heavy atom. The van der Waals surface area contributed by atoms with Crippen molar-refractivity contribution in [1.82, 2.24) is 4.90 Å². The van der Waals surface area contributed by atoms with Gasteiger partial charge in [-0.1, -0.05) is 18.2 Å². The third-order valence-electron chi connectivity index (χ3n) is 2.52. The van der Waals surface area contributed by atoms with Crippen LogP contribution in [0, 0.1) is 6.42 Å². The smallest absolute Gasteiger partial charge is 0.321 e. The van der Waals surface area contributed by atoms with E-state index < -0.39 is 0 Å². The molecule has 3 heteroatoms. The fourth-order valence-corrected chi connectivity index (χ4v) is 1.68. The minimum atomic E-state index is 0.00861. The monoisotopic (exact) mass is 203 g/mol. The van der Waals surface area contributed by atoms with E-state index in [0.29, 0.717) is 0 Å². The molecule has 2 rings (SSSR count). The molecule has 0 spiro atoms. The molecule has 2 amide bonds. The minimum Gasteiger partial charge on any atom is -0.325 e. The summed E-state index contributed by atoms with van der Waals surface area (Å²) in [5.74, 6) is 0. The van der Waals surface area contributed by atoms with Crippen molar-refractivity contribution in [2.24, 2.45) is 0 Å². The van der Waals surface area contributed by atoms with Gasteiger partial charge in [0.2, 0.25) is 0 Å². The van der Waals surface area contributed by atoms with Crippen LogP contribution in [0.5, 0.6) is 0 Å². The lowest BCUT2D eigenvalue weighted by molar-refractivity contribution is 0.207. The van der Waals surface area contributed by atoms with Gasteiger partial charge in [-0.05, 0) is 31.4 Å². The van der Waals surface area contributed by atoms with Gasteiger partial charge < -0.3 is 10.2 Å². The molecule has 1 fully saturated rings. The second kappa shape index (κ2) is 4.82. The second-order valence-electron chi connectivity index (χ2n) is 3.65. The van der Waals surface area contributed by atoms with Gasteiger partial charge in [0.25, 0.3) is 0 Å². The normalized spacial score (nSPS) is 16.1. The van der Waals surface area contributed by atoms with Gasteiger partial charge in [0.1, 0.15) is 0 Å². The van der Waals surface area contributed by atoms with Crippen LogP contribution in [0.3, 0.4) is 0 Å². The number of urea groups is 1. The molecule has 1 aliphatic rings. The number of anilines is 1. The van der Waals surface area contributed by atoms with Crippen LogP contribution in [0.25, 0.3) is 0 Å². The summed E-state index contributed by atoms with van der Waals surface area (Å²) in [4.78, 5) is 13.6. The number of nitrogens with one attached hydrogen (secondary N) is 1. The maximum Gasteiger partial charge on any atom is 0.321 e. The lowest BCUT2D eigenvalue weighted by atomic mass is 10.1. The first-order valence-corrected chi connectivity index (χ1v) is 5.29. The molecule has 1 N–H and O–H groups in total. The fourth-order valence-electron chi connectivity index (χ4n) is 1.68. The van der Waals surface area contributed by atoms with Crippen LogP contribution in [0.15, 0.2) is 30.3 Å². The molecule has 0 saturated carbocycles. The molecule has 15 heavy (non-hydrogen) atoms. The Bertz CT molecular complexity index is 318. The number of likely N-dealkylation sites (tertiary alicyclic amines) is 1. The third kappa shape index (κ3) is 2.72. The van der Waals surface area contributed by atoms with Gasteiger partial charge in [-0.25, -0.2) is 4.79 Å². The van der Waals surface area contributed by atoms with Crippen molar-refractivity contribution in [1.29, 1.82) is 0 Å². The number of rotatable bonds is 1. The van der Waals surface area contributed by atoms with Gasteiger partial charge in [-0.3, -0.25) is 0 Å². The van der Waals surface area contributed by atoms with E-state index in [2.05, 4.69) is 11.7 Å². The number of carbonyl (C=O) groups excluding carboxylic acids is 1. The number of amides is 2. The lowest BCUT2D eigenvalue weighted by Gasteiger charge is -2.26. The van der Waals surface area contributed by atoms with E-state index in [1.807, 2.05) is 35.2 Å². The number of para-hydroxylation sites is 1. The Kier molecular flexibility index (Phi) is 3.22. The zero-order chi connectivity index (χ0) is 10.5. The maximum atomic E-state index is 11.8. The zero-order valence-electron chi connectivity index (χ0n) is 8.65. The van der Waals surface area contributed by atoms with E-state index in [1.54, 1.807) is 0 Å². The summed E-state index contributed by atoms with van der Waals surface area (Å²) in [6.07, 6.45) is 4.23. The number of hydrogen-bond donors (Lipinski definition) is 1. The standard InChI is InChI=1S/C12H15N2O/c15-12(14-9-5-2-6-10-14)13-11-7-3-1-4-8-11/h1-4,7-8H,5-6,9-10H2,(H,13,15). The molecular weight excluding hydrogens is 188 g/mol. The van der Waals surface area contributed by atoms with Gasteiger partial charge in [0.05, 0.1) is 0 Å². The molecule has 79 valence electrons. The molecule has 0 aliphatic carbocycles. The molecule has 1 saturated heterocycles. The summed E-state index contributed by atoms with van der Waals surface area (Å²) in [6, 6.07) is 9.57. The Hall–Kier alpha value is -1.51. The molecule has 0 atom stereocenters. The first-order chi connectivity index (χ1) is 7.36. The van der Waals surface area contributed by atoms with Crippen LogP contribution in [-0.2, 0) is 0 Å². The highest BCUT2D eigenvalue weighted by molar-refractivity contribution is 5.89. The highest BCUT2D eigenvalue weighted by Crippen LogP contribution is 2.11. The van der Waals surface area contributed by atoms with Crippen LogP contribution in [0.1, 0.15) is 12.8 Å². The van der Waals surface area contributed by atoms with Crippen molar-refractivity contribution in [2.45, 2.75) is 12.8 Å². The van der Waals surface area contributed by atoms with Crippen molar-refractivity contribution in [3.05, 3.63) is 36.8 Å². The van der Waals surface area contributed by atoms with Crippen LogP contribution in [-0.4, -0.2) is 24.0 Å². The van der Waals surface area contributed by atoms with E-state index in [1.165, 1.54) is 0 Å². The number of hydrogen-bond acceptors (Lipinski definition) is 1. The van der Waals surface area contributed by atoms with Crippen molar-refractivity contribution in [3.63, 3.8) is 0 Å². The first kappa shape index (κ1) is 10.0. The van der Waals surface area contributed by atoms with Crippen LogP contribution in [0.4, 0.5) is 10.5 Å². The molecule has 1 aliphatic heterocycles. The summed E-state index contributed by atoms with van der Waals surface area (Å²) >= 11 is 0. The van der Waals surface area contributed by atoms with Gasteiger partial charge in [0.15, 0.2) is 0 Å². The van der Waals surface area contributed by atoms with Crippen LogP contribution < -0.4 is 5.32 Å². The van der Waals surface area contributed by atoms with Gasteiger partial charge in [-0.15, -0.1) is 0 Å². The molecule has 1 heterocycles. The number of nitrogens with zero attached hydrogens (tertiary/aromatic N) is 1. The fraction of sp³-hybridized carbons (Fsp3) is 0.333. The Morgan fingerprint density at radius 2 is 1.80 bits per heavy atom. The summed E-state index contributed by atoms with van der Waals surface area (Å²) in [5.41, 5.74) is 0.858. The molecule has 0 unspecified atom stereocenters. The van der Waals surface area contributed by atoms with Crippen molar-refractivity contribution < 1.29 is 4.79 Å². The van der Waals surface area contributed by atoms with E-state index in [4.69, 9.17) is 0 Å². The molecule has 1 aromatic carbocycles. The second-order valence-corrected chi connectivity index (χ2v) is 3.65. The zero-order valence-corrected chi connectivity index (χ0v) is 8.65. The molecule has 1 aromatic rings. The maximum absolute atomic E-state index is 11.8. The van der Waals surface area contributed by atoms with Gasteiger partial charge >= 0.3 is 6.03 Å². The number of carbonyl (C=O) groups is 1. The summed E-state index contributed by atoms with van der Waals surface area (Å²) in [5, 5.41) is 2.88. The molecule has 1 radical (unpaired) electrons. The Morgan fingerprint density at radius 1 is 1.13 bits per heavy atom. The number of benzene rings is 1. The van der Waals surface area contributed by atoms with Crippen molar-refractivity contribution >= 4 is 11.7 Å². The average Bonchev–Trinajstić information content (AvgIpc) is 2.31. The van der Waals surface area contributed by atoms with Gasteiger partial charge in [0, 0.05) is 18.8 Å². The van der Waals surface area contributed by atoms with Gasteiger partial charge in [-0.2, -0.15) is 0 Å². The predicted octanol–water partition coefficient (Wildman–Crippen LogP) is 2.52. The van der Waals surface area contributed by atoms with E-state index in [9.17, 15) is 4.79 Å². The topological polar surface area (TPSA) is 32.3 Å². The SMILES string of the molecule is O=C(Nc1ccccc1)N1CC[CH]CC1. The third-order valence-corrected chi connectivity index (χ3v) is 2.52. The quantitative estimate of drug-likeness (QED) is 0.747. The first-order valence-electron chi connectivity index (χ1n) is 5.29. The molecule has 0 bridgehead atoms. The van der Waals surface area contributed by atoms with E-state index >= 15 is 0 Å². The molecular formula is C12H15N2O. The molecule has 3 nitrogen and oxygen atoms in total.